The van der Waals surface area contributed by atoms with E-state index in [-0.39, 0.29) is 41.1 Å². The zero-order valence-electron chi connectivity index (χ0n) is 15.8. The normalized spacial score (nSPS) is 26.3. The first-order valence-electron chi connectivity index (χ1n) is 9.48. The van der Waals surface area contributed by atoms with Gasteiger partial charge in [-0.2, -0.15) is 0 Å². The molecule has 3 rings (SSSR count). The molecule has 1 aromatic heterocycles. The van der Waals surface area contributed by atoms with E-state index < -0.39 is 0 Å². The lowest BCUT2D eigenvalue weighted by atomic mass is 9.92. The minimum Gasteiger partial charge on any atom is -0.393 e. The Morgan fingerprint density at radius 3 is 2.73 bits per heavy atom. The van der Waals surface area contributed by atoms with Gasteiger partial charge < -0.3 is 19.8 Å². The summed E-state index contributed by atoms with van der Waals surface area (Å²) in [6, 6.07) is 1.66. The van der Waals surface area contributed by atoms with E-state index in [1.165, 1.54) is 0 Å². The van der Waals surface area contributed by atoms with E-state index >= 15 is 0 Å². The summed E-state index contributed by atoms with van der Waals surface area (Å²) in [6.07, 6.45) is 3.42. The first kappa shape index (κ1) is 18.9. The van der Waals surface area contributed by atoms with Crippen LogP contribution in [-0.4, -0.2) is 52.2 Å². The van der Waals surface area contributed by atoms with Crippen LogP contribution in [0.4, 0.5) is 0 Å². The molecule has 2 heterocycles. The van der Waals surface area contributed by atoms with E-state index in [0.717, 1.165) is 31.4 Å². The van der Waals surface area contributed by atoms with Crippen molar-refractivity contribution in [2.75, 3.05) is 13.1 Å². The highest BCUT2D eigenvalue weighted by molar-refractivity contribution is 5.91. The van der Waals surface area contributed by atoms with Crippen LogP contribution >= 0.6 is 0 Å². The predicted molar refractivity (Wildman–Crippen MR) is 95.6 cm³/mol. The molecule has 0 radical (unpaired) electrons. The fourth-order valence-corrected chi connectivity index (χ4v) is 3.73. The van der Waals surface area contributed by atoms with Crippen molar-refractivity contribution in [1.29, 1.82) is 0 Å². The Morgan fingerprint density at radius 1 is 1.35 bits per heavy atom. The van der Waals surface area contributed by atoms with Crippen molar-refractivity contribution >= 4 is 11.8 Å². The minimum atomic E-state index is -0.356. The maximum Gasteiger partial charge on any atom is 0.292 e. The molecule has 1 aliphatic carbocycles. The zero-order chi connectivity index (χ0) is 18.9. The second kappa shape index (κ2) is 7.39. The number of amides is 2. The van der Waals surface area contributed by atoms with E-state index in [4.69, 9.17) is 4.52 Å². The smallest absolute Gasteiger partial charge is 0.292 e. The van der Waals surface area contributed by atoms with E-state index in [0.29, 0.717) is 19.5 Å². The first-order chi connectivity index (χ1) is 12.2. The summed E-state index contributed by atoms with van der Waals surface area (Å²) in [5, 5.41) is 16.8. The molecule has 2 amide bonds. The molecule has 1 saturated heterocycles. The summed E-state index contributed by atoms with van der Waals surface area (Å²) in [5.41, 5.74) is 0.578. The molecular formula is C19H29N3O4. The second-order valence-electron chi connectivity index (χ2n) is 8.59. The molecule has 2 N–H and O–H groups in total. The van der Waals surface area contributed by atoms with Crippen LogP contribution in [0, 0.1) is 5.92 Å². The molecule has 2 fully saturated rings. The number of hydrogen-bond donors (Lipinski definition) is 2. The van der Waals surface area contributed by atoms with Crippen LogP contribution < -0.4 is 5.32 Å². The maximum atomic E-state index is 12.6. The summed E-state index contributed by atoms with van der Waals surface area (Å²) < 4.78 is 5.23. The molecule has 0 spiro atoms. The third kappa shape index (κ3) is 4.26. The quantitative estimate of drug-likeness (QED) is 0.851. The van der Waals surface area contributed by atoms with Crippen molar-refractivity contribution in [3.05, 3.63) is 17.5 Å². The minimum absolute atomic E-state index is 0.0371. The average molecular weight is 363 g/mol. The fourth-order valence-electron chi connectivity index (χ4n) is 3.73. The third-order valence-electron chi connectivity index (χ3n) is 5.40. The molecule has 1 saturated carbocycles. The lowest BCUT2D eigenvalue weighted by Gasteiger charge is -2.18. The van der Waals surface area contributed by atoms with E-state index in [9.17, 15) is 14.7 Å². The van der Waals surface area contributed by atoms with Gasteiger partial charge in [-0.3, -0.25) is 9.59 Å². The lowest BCUT2D eigenvalue weighted by Crippen LogP contribution is -2.39. The molecule has 2 aliphatic rings. The molecule has 3 atom stereocenters. The molecule has 26 heavy (non-hydrogen) atoms. The van der Waals surface area contributed by atoms with Crippen LogP contribution in [0.25, 0.3) is 0 Å². The number of aliphatic hydroxyl groups is 1. The number of nitrogens with one attached hydrogen (secondary N) is 1. The molecular weight excluding hydrogens is 334 g/mol. The summed E-state index contributed by atoms with van der Waals surface area (Å²) in [7, 11) is 0. The Morgan fingerprint density at radius 2 is 2.12 bits per heavy atom. The van der Waals surface area contributed by atoms with Gasteiger partial charge in [-0.05, 0) is 25.2 Å². The van der Waals surface area contributed by atoms with Crippen LogP contribution in [0.15, 0.2) is 10.6 Å². The molecule has 1 aromatic rings. The van der Waals surface area contributed by atoms with Gasteiger partial charge in [0.25, 0.3) is 5.91 Å². The number of likely N-dealkylation sites (tertiary alicyclic amines) is 1. The van der Waals surface area contributed by atoms with Gasteiger partial charge in [0.1, 0.15) is 0 Å². The van der Waals surface area contributed by atoms with Gasteiger partial charge in [0.15, 0.2) is 0 Å². The number of aromatic nitrogens is 1. The Labute approximate surface area is 154 Å². The molecule has 0 unspecified atom stereocenters. The summed E-state index contributed by atoms with van der Waals surface area (Å²) >= 11 is 0. The Kier molecular flexibility index (Phi) is 5.37. The van der Waals surface area contributed by atoms with Crippen molar-refractivity contribution in [2.24, 2.45) is 5.92 Å². The van der Waals surface area contributed by atoms with E-state index in [1.807, 2.05) is 20.8 Å². The Bertz CT molecular complexity index is 664. The van der Waals surface area contributed by atoms with Gasteiger partial charge in [0, 0.05) is 37.0 Å². The van der Waals surface area contributed by atoms with Gasteiger partial charge in [-0.25, -0.2) is 0 Å². The van der Waals surface area contributed by atoms with Crippen LogP contribution in [0.3, 0.4) is 0 Å². The van der Waals surface area contributed by atoms with Crippen LogP contribution in [-0.2, 0) is 10.2 Å². The van der Waals surface area contributed by atoms with Crippen molar-refractivity contribution in [3.8, 4) is 0 Å². The molecule has 1 aliphatic heterocycles. The Hall–Kier alpha value is -1.89. The fraction of sp³-hybridized carbons (Fsp3) is 0.737. The second-order valence-corrected chi connectivity index (χ2v) is 8.59. The topological polar surface area (TPSA) is 95.7 Å². The summed E-state index contributed by atoms with van der Waals surface area (Å²) in [4.78, 5) is 26.5. The van der Waals surface area contributed by atoms with Crippen LogP contribution in [0.5, 0.6) is 0 Å². The van der Waals surface area contributed by atoms with Gasteiger partial charge in [-0.15, -0.1) is 0 Å². The predicted octanol–water partition coefficient (Wildman–Crippen LogP) is 1.85. The van der Waals surface area contributed by atoms with Crippen molar-refractivity contribution in [1.82, 2.24) is 15.4 Å². The summed E-state index contributed by atoms with van der Waals surface area (Å²) in [5.74, 6) is 0.0935. The van der Waals surface area contributed by atoms with Crippen molar-refractivity contribution in [3.63, 3.8) is 0 Å². The van der Waals surface area contributed by atoms with E-state index in [2.05, 4.69) is 10.5 Å². The van der Waals surface area contributed by atoms with Gasteiger partial charge in [-0.1, -0.05) is 32.3 Å². The summed E-state index contributed by atoms with van der Waals surface area (Å²) in [6.45, 7) is 7.11. The van der Waals surface area contributed by atoms with Gasteiger partial charge >= 0.3 is 0 Å². The number of carbonyl (C=O) groups is 2. The van der Waals surface area contributed by atoms with Crippen molar-refractivity contribution < 1.29 is 19.2 Å². The third-order valence-corrected chi connectivity index (χ3v) is 5.40. The largest absolute Gasteiger partial charge is 0.393 e. The highest BCUT2D eigenvalue weighted by atomic mass is 16.5. The number of aliphatic hydroxyl groups excluding tert-OH is 1. The molecule has 0 aromatic carbocycles. The number of hydrogen-bond acceptors (Lipinski definition) is 5. The molecule has 144 valence electrons. The molecule has 7 nitrogen and oxygen atoms in total. The molecule has 0 bridgehead atoms. The Balaban J connectivity index is 1.51. The maximum absolute atomic E-state index is 12.6. The van der Waals surface area contributed by atoms with Gasteiger partial charge in [0.2, 0.25) is 11.7 Å². The van der Waals surface area contributed by atoms with Gasteiger partial charge in [0.05, 0.1) is 11.8 Å². The highest BCUT2D eigenvalue weighted by Gasteiger charge is 2.32. The molecule has 7 heteroatoms. The highest BCUT2D eigenvalue weighted by Crippen LogP contribution is 2.28. The number of nitrogens with zero attached hydrogens (tertiary/aromatic N) is 2. The monoisotopic (exact) mass is 363 g/mol. The SMILES string of the molecule is CC(C)(C)c1cc(C(=O)N2CC[C@H](NC(=O)C[C@@H]3CCC[C@H]3O)C2)on1. The number of rotatable bonds is 4. The standard InChI is InChI=1S/C19H29N3O4/c1-19(2,3)16-10-15(26-21-16)18(25)22-8-7-13(11-22)20-17(24)9-12-5-4-6-14(12)23/h10,12-14,23H,4-9,11H2,1-3H3,(H,20,24)/t12-,13-,14+/m0/s1. The first-order valence-corrected chi connectivity index (χ1v) is 9.48. The van der Waals surface area contributed by atoms with E-state index in [1.54, 1.807) is 11.0 Å². The lowest BCUT2D eigenvalue weighted by molar-refractivity contribution is -0.123. The van der Waals surface area contributed by atoms with Crippen molar-refractivity contribution in [2.45, 2.75) is 70.4 Å². The van der Waals surface area contributed by atoms with Crippen LogP contribution in [0.2, 0.25) is 0 Å². The van der Waals surface area contributed by atoms with Crippen LogP contribution in [0.1, 0.15) is 69.1 Å². The zero-order valence-corrected chi connectivity index (χ0v) is 15.8. The average Bonchev–Trinajstić information content (AvgIpc) is 3.28. The number of carbonyl (C=O) groups excluding carboxylic acids is 2.